The first kappa shape index (κ1) is 14.7. The third-order valence-electron chi connectivity index (χ3n) is 3.75. The van der Waals surface area contributed by atoms with Gasteiger partial charge < -0.3 is 10.2 Å². The van der Waals surface area contributed by atoms with Gasteiger partial charge in [0.05, 0.1) is 5.69 Å². The van der Waals surface area contributed by atoms with Crippen LogP contribution < -0.4 is 11.4 Å². The minimum absolute atomic E-state index is 0.0695. The maximum atomic E-state index is 14.0. The molecule has 0 spiro atoms. The highest BCUT2D eigenvalue weighted by molar-refractivity contribution is 7.80. The molecule has 0 amide bonds. The van der Waals surface area contributed by atoms with Crippen molar-refractivity contribution in [2.24, 2.45) is 0 Å². The largest absolute Gasteiger partial charge is 0.422 e. The van der Waals surface area contributed by atoms with Crippen molar-refractivity contribution in [1.29, 1.82) is 0 Å². The van der Waals surface area contributed by atoms with E-state index in [0.717, 1.165) is 10.9 Å². The molecule has 0 atom stereocenters. The van der Waals surface area contributed by atoms with Gasteiger partial charge in [-0.2, -0.15) is 0 Å². The lowest BCUT2D eigenvalue weighted by molar-refractivity contribution is 0.548. The first-order valence-corrected chi connectivity index (χ1v) is 7.20. The van der Waals surface area contributed by atoms with Crippen LogP contribution in [-0.2, 0) is 6.42 Å². The average Bonchev–Trinajstić information content (AvgIpc) is 2.47. The van der Waals surface area contributed by atoms with Gasteiger partial charge in [-0.25, -0.2) is 9.18 Å². The van der Waals surface area contributed by atoms with Gasteiger partial charge in [0, 0.05) is 22.3 Å². The molecule has 1 aromatic heterocycles. The van der Waals surface area contributed by atoms with E-state index >= 15 is 0 Å². The predicted octanol–water partition coefficient (Wildman–Crippen LogP) is 3.70. The molecule has 0 aliphatic carbocycles. The zero-order valence-corrected chi connectivity index (χ0v) is 12.8. The van der Waals surface area contributed by atoms with Crippen LogP contribution in [0.4, 0.5) is 10.1 Å². The Hall–Kier alpha value is -2.27. The Morgan fingerprint density at radius 1 is 1.27 bits per heavy atom. The summed E-state index contributed by atoms with van der Waals surface area (Å²) >= 11 is 4.23. The number of aryl methyl sites for hydroxylation is 1. The van der Waals surface area contributed by atoms with Crippen molar-refractivity contribution in [2.75, 3.05) is 5.73 Å². The number of halogens is 1. The predicted molar refractivity (Wildman–Crippen MR) is 88.1 cm³/mol. The van der Waals surface area contributed by atoms with Gasteiger partial charge in [0.1, 0.15) is 11.4 Å². The molecule has 22 heavy (non-hydrogen) atoms. The lowest BCUT2D eigenvalue weighted by atomic mass is 9.99. The van der Waals surface area contributed by atoms with E-state index in [4.69, 9.17) is 10.2 Å². The zero-order valence-electron chi connectivity index (χ0n) is 11.9. The van der Waals surface area contributed by atoms with E-state index in [1.54, 1.807) is 18.2 Å². The normalized spacial score (nSPS) is 11.0. The van der Waals surface area contributed by atoms with Crippen molar-refractivity contribution in [3.05, 3.63) is 69.3 Å². The highest BCUT2D eigenvalue weighted by Gasteiger charge is 2.15. The number of benzene rings is 2. The molecule has 2 aromatic carbocycles. The number of nitrogens with two attached hydrogens (primary N) is 1. The average molecular weight is 315 g/mol. The second-order valence-corrected chi connectivity index (χ2v) is 5.69. The molecule has 0 saturated heterocycles. The molecule has 0 unspecified atom stereocenters. The summed E-state index contributed by atoms with van der Waals surface area (Å²) in [6, 6.07) is 10.1. The summed E-state index contributed by atoms with van der Waals surface area (Å²) in [6.45, 7) is 1.83. The minimum atomic E-state index is -0.493. The van der Waals surface area contributed by atoms with Crippen LogP contribution in [0.3, 0.4) is 0 Å². The quantitative estimate of drug-likeness (QED) is 0.431. The zero-order chi connectivity index (χ0) is 15.9. The number of hydrogen-bond donors (Lipinski definition) is 2. The summed E-state index contributed by atoms with van der Waals surface area (Å²) < 4.78 is 19.4. The molecule has 3 aromatic rings. The van der Waals surface area contributed by atoms with E-state index in [0.29, 0.717) is 21.6 Å². The van der Waals surface area contributed by atoms with Crippen molar-refractivity contribution in [1.82, 2.24) is 0 Å². The van der Waals surface area contributed by atoms with E-state index in [1.807, 2.05) is 19.1 Å². The summed E-state index contributed by atoms with van der Waals surface area (Å²) in [5.74, 6) is -0.493. The second-order valence-electron chi connectivity index (χ2n) is 5.17. The SMILES string of the molecule is Cc1c(Cc2cccc(N)c2F)c(=O)oc2cc(S)ccc12. The molecule has 3 rings (SSSR count). The Morgan fingerprint density at radius 2 is 2.05 bits per heavy atom. The molecule has 112 valence electrons. The van der Waals surface area contributed by atoms with Crippen molar-refractivity contribution in [3.8, 4) is 0 Å². The first-order chi connectivity index (χ1) is 10.5. The van der Waals surface area contributed by atoms with Crippen molar-refractivity contribution < 1.29 is 8.81 Å². The molecule has 5 heteroatoms. The molecule has 0 fully saturated rings. The fourth-order valence-electron chi connectivity index (χ4n) is 2.51. The lowest BCUT2D eigenvalue weighted by Gasteiger charge is -2.09. The van der Waals surface area contributed by atoms with Crippen molar-refractivity contribution in [3.63, 3.8) is 0 Å². The maximum absolute atomic E-state index is 14.0. The molecule has 3 nitrogen and oxygen atoms in total. The minimum Gasteiger partial charge on any atom is -0.422 e. The van der Waals surface area contributed by atoms with Crippen LogP contribution in [0.15, 0.2) is 50.5 Å². The summed E-state index contributed by atoms with van der Waals surface area (Å²) in [6.07, 6.45) is 0.142. The van der Waals surface area contributed by atoms with Crippen LogP contribution in [0.1, 0.15) is 16.7 Å². The van der Waals surface area contributed by atoms with Gasteiger partial charge in [-0.15, -0.1) is 12.6 Å². The second kappa shape index (κ2) is 5.50. The lowest BCUT2D eigenvalue weighted by Crippen LogP contribution is -2.12. The molecule has 0 aliphatic rings. The van der Waals surface area contributed by atoms with Gasteiger partial charge in [0.2, 0.25) is 0 Å². The highest BCUT2D eigenvalue weighted by atomic mass is 32.1. The summed E-state index contributed by atoms with van der Waals surface area (Å²) in [5.41, 5.74) is 7.24. The molecule has 0 radical (unpaired) electrons. The third kappa shape index (κ3) is 2.48. The summed E-state index contributed by atoms with van der Waals surface area (Å²) in [7, 11) is 0. The Kier molecular flexibility index (Phi) is 3.66. The van der Waals surface area contributed by atoms with E-state index in [9.17, 15) is 9.18 Å². The number of hydrogen-bond acceptors (Lipinski definition) is 4. The Balaban J connectivity index is 2.17. The van der Waals surface area contributed by atoms with Crippen molar-refractivity contribution in [2.45, 2.75) is 18.2 Å². The number of rotatable bonds is 2. The van der Waals surface area contributed by atoms with Gasteiger partial charge in [0.25, 0.3) is 0 Å². The molecular formula is C17H14FNO2S. The molecule has 2 N–H and O–H groups in total. The van der Waals surface area contributed by atoms with Gasteiger partial charge in [-0.1, -0.05) is 12.1 Å². The molecule has 0 saturated carbocycles. The van der Waals surface area contributed by atoms with Gasteiger partial charge in [-0.3, -0.25) is 0 Å². The van der Waals surface area contributed by atoms with Crippen LogP contribution in [0.2, 0.25) is 0 Å². The number of nitrogen functional groups attached to an aromatic ring is 1. The van der Waals surface area contributed by atoms with Crippen LogP contribution in [-0.4, -0.2) is 0 Å². The smallest absolute Gasteiger partial charge is 0.340 e. The molecule has 1 heterocycles. The van der Waals surface area contributed by atoms with Crippen LogP contribution >= 0.6 is 12.6 Å². The molecule has 0 aliphatic heterocycles. The Labute approximate surface area is 132 Å². The van der Waals surface area contributed by atoms with Gasteiger partial charge in [-0.05, 0) is 42.3 Å². The van der Waals surface area contributed by atoms with E-state index < -0.39 is 11.4 Å². The van der Waals surface area contributed by atoms with Crippen LogP contribution in [0.25, 0.3) is 11.0 Å². The number of anilines is 1. The number of fused-ring (bicyclic) bond motifs is 1. The molecular weight excluding hydrogens is 301 g/mol. The van der Waals surface area contributed by atoms with E-state index in [2.05, 4.69) is 12.6 Å². The van der Waals surface area contributed by atoms with E-state index in [1.165, 1.54) is 6.07 Å². The fraction of sp³-hybridized carbons (Fsp3) is 0.118. The Morgan fingerprint density at radius 3 is 2.82 bits per heavy atom. The van der Waals surface area contributed by atoms with Gasteiger partial charge >= 0.3 is 5.63 Å². The highest BCUT2D eigenvalue weighted by Crippen LogP contribution is 2.24. The van der Waals surface area contributed by atoms with Gasteiger partial charge in [0.15, 0.2) is 0 Å². The van der Waals surface area contributed by atoms with Crippen LogP contribution in [0, 0.1) is 12.7 Å². The summed E-state index contributed by atoms with van der Waals surface area (Å²) in [4.78, 5) is 12.9. The maximum Gasteiger partial charge on any atom is 0.340 e. The van der Waals surface area contributed by atoms with Crippen LogP contribution in [0.5, 0.6) is 0 Å². The first-order valence-electron chi connectivity index (χ1n) is 6.75. The topological polar surface area (TPSA) is 56.2 Å². The fourth-order valence-corrected chi connectivity index (χ4v) is 2.71. The van der Waals surface area contributed by atoms with E-state index in [-0.39, 0.29) is 12.1 Å². The Bertz CT molecular complexity index is 934. The molecule has 0 bridgehead atoms. The monoisotopic (exact) mass is 315 g/mol. The number of thiol groups is 1. The summed E-state index contributed by atoms with van der Waals surface area (Å²) in [5, 5.41) is 0.816. The van der Waals surface area contributed by atoms with Crippen molar-refractivity contribution >= 4 is 29.3 Å². The third-order valence-corrected chi connectivity index (χ3v) is 4.02. The standard InChI is InChI=1S/C17H14FNO2S/c1-9-12-6-5-11(22)8-15(12)21-17(20)13(9)7-10-3-2-4-14(19)16(10)18/h2-6,8,22H,7,19H2,1H3.